The van der Waals surface area contributed by atoms with Crippen molar-refractivity contribution in [3.63, 3.8) is 0 Å². The number of benzene rings is 2. The summed E-state index contributed by atoms with van der Waals surface area (Å²) in [5.41, 5.74) is 1.89. The number of carbonyl (C=O) groups excluding carboxylic acids is 2. The first kappa shape index (κ1) is 21.8. The summed E-state index contributed by atoms with van der Waals surface area (Å²) in [7, 11) is 1.59. The van der Waals surface area contributed by atoms with Gasteiger partial charge >= 0.3 is 6.03 Å². The molecule has 7 heteroatoms. The molecule has 0 radical (unpaired) electrons. The van der Waals surface area contributed by atoms with Crippen molar-refractivity contribution < 1.29 is 24.5 Å². The molecule has 7 nitrogen and oxygen atoms in total. The maximum absolute atomic E-state index is 12.7. The molecule has 0 bridgehead atoms. The average Bonchev–Trinajstić information content (AvgIpc) is 2.72. The van der Waals surface area contributed by atoms with E-state index in [0.717, 1.165) is 21.8 Å². The molecule has 0 aliphatic carbocycles. The number of carbonyl (C=O) groups is 2. The molecule has 1 aliphatic rings. The number of nitrogens with zero attached hydrogens (tertiary/aromatic N) is 1. The second-order valence-electron chi connectivity index (χ2n) is 7.82. The number of rotatable bonds is 7. The second-order valence-corrected chi connectivity index (χ2v) is 7.82. The molecule has 3 unspecified atom stereocenters. The van der Waals surface area contributed by atoms with E-state index >= 15 is 0 Å². The first-order valence-corrected chi connectivity index (χ1v) is 9.98. The van der Waals surface area contributed by atoms with E-state index in [1.165, 1.54) is 6.92 Å². The summed E-state index contributed by atoms with van der Waals surface area (Å²) in [5.74, 6) is -2.50. The van der Waals surface area contributed by atoms with Crippen LogP contribution >= 0.6 is 0 Å². The van der Waals surface area contributed by atoms with Crippen molar-refractivity contribution in [2.75, 3.05) is 7.11 Å². The van der Waals surface area contributed by atoms with Crippen LogP contribution in [-0.4, -0.2) is 46.0 Å². The lowest BCUT2D eigenvalue weighted by Gasteiger charge is -2.50. The van der Waals surface area contributed by atoms with Crippen LogP contribution in [0.3, 0.4) is 0 Å². The van der Waals surface area contributed by atoms with Gasteiger partial charge in [0.15, 0.2) is 5.79 Å². The predicted molar refractivity (Wildman–Crippen MR) is 112 cm³/mol. The van der Waals surface area contributed by atoms with Crippen molar-refractivity contribution in [1.82, 2.24) is 10.2 Å². The van der Waals surface area contributed by atoms with Gasteiger partial charge in [0.05, 0.1) is 19.1 Å². The summed E-state index contributed by atoms with van der Waals surface area (Å²) in [6.45, 7) is 3.01. The summed E-state index contributed by atoms with van der Waals surface area (Å²) in [5, 5.41) is 23.2. The van der Waals surface area contributed by atoms with Gasteiger partial charge in [0.1, 0.15) is 11.8 Å². The molecule has 1 fully saturated rings. The van der Waals surface area contributed by atoms with E-state index in [-0.39, 0.29) is 6.04 Å². The van der Waals surface area contributed by atoms with E-state index in [0.29, 0.717) is 12.8 Å². The maximum Gasteiger partial charge on any atom is 0.325 e. The van der Waals surface area contributed by atoms with E-state index in [4.69, 9.17) is 4.74 Å². The highest BCUT2D eigenvalue weighted by Crippen LogP contribution is 2.37. The molecule has 160 valence electrons. The maximum atomic E-state index is 12.7. The van der Waals surface area contributed by atoms with Crippen molar-refractivity contribution in [3.05, 3.63) is 65.7 Å². The van der Waals surface area contributed by atoms with Crippen LogP contribution in [0, 0.1) is 5.92 Å². The fourth-order valence-electron chi connectivity index (χ4n) is 3.88. The highest BCUT2D eigenvalue weighted by molar-refractivity contribution is 6.01. The van der Waals surface area contributed by atoms with Gasteiger partial charge in [0.25, 0.3) is 0 Å². The third-order valence-electron chi connectivity index (χ3n) is 5.54. The van der Waals surface area contributed by atoms with Gasteiger partial charge in [-0.2, -0.15) is 0 Å². The van der Waals surface area contributed by atoms with E-state index in [9.17, 15) is 19.8 Å². The summed E-state index contributed by atoms with van der Waals surface area (Å²) in [6.07, 6.45) is 0.980. The number of ether oxygens (including phenoxy) is 1. The molecule has 1 saturated heterocycles. The summed E-state index contributed by atoms with van der Waals surface area (Å²) in [6, 6.07) is 14.9. The molecule has 1 heterocycles. The van der Waals surface area contributed by atoms with Crippen LogP contribution in [0.4, 0.5) is 4.79 Å². The van der Waals surface area contributed by atoms with Crippen LogP contribution in [0.2, 0.25) is 0 Å². The fraction of sp³-hybridized carbons (Fsp3) is 0.391. The van der Waals surface area contributed by atoms with Crippen LogP contribution in [0.5, 0.6) is 5.75 Å². The molecular weight excluding hydrogens is 384 g/mol. The Labute approximate surface area is 176 Å². The highest BCUT2D eigenvalue weighted by Gasteiger charge is 2.57. The number of β-lactam (4-membered cyclic amide) rings is 1. The van der Waals surface area contributed by atoms with Crippen molar-refractivity contribution >= 4 is 11.9 Å². The van der Waals surface area contributed by atoms with E-state index in [1.54, 1.807) is 7.11 Å². The smallest absolute Gasteiger partial charge is 0.325 e. The third kappa shape index (κ3) is 4.63. The molecule has 0 aromatic heterocycles. The number of hydrogen-bond acceptors (Lipinski definition) is 5. The Balaban J connectivity index is 1.66. The van der Waals surface area contributed by atoms with Crippen LogP contribution in [0.25, 0.3) is 0 Å². The minimum Gasteiger partial charge on any atom is -0.497 e. The lowest BCUT2D eigenvalue weighted by molar-refractivity contribution is -0.225. The van der Waals surface area contributed by atoms with E-state index in [2.05, 4.69) is 5.32 Å². The molecular formula is C23H28N2O5. The third-order valence-corrected chi connectivity index (χ3v) is 5.54. The Morgan fingerprint density at radius 3 is 2.37 bits per heavy atom. The standard InChI is InChI=1S/C23H28N2O5/c1-15(17-7-5-4-6-8-17)24-22(27)25-20(23(2,28)29)19(21(25)26)14-11-16-9-12-18(30-3)13-10-16/h4-10,12-13,15,19-20,28-29H,11,14H2,1-3H3,(H,24,27). The minimum absolute atomic E-state index is 0.325. The van der Waals surface area contributed by atoms with Gasteiger partial charge < -0.3 is 20.3 Å². The number of hydrogen-bond donors (Lipinski definition) is 3. The van der Waals surface area contributed by atoms with Crippen LogP contribution < -0.4 is 10.1 Å². The number of methoxy groups -OCH3 is 1. The normalized spacial score (nSPS) is 19.8. The van der Waals surface area contributed by atoms with Crippen molar-refractivity contribution in [1.29, 1.82) is 0 Å². The molecule has 3 rings (SSSR count). The molecule has 3 amide bonds. The van der Waals surface area contributed by atoms with Crippen molar-refractivity contribution in [3.8, 4) is 5.75 Å². The number of nitrogens with one attached hydrogen (secondary N) is 1. The van der Waals surface area contributed by atoms with Crippen molar-refractivity contribution in [2.45, 2.75) is 44.6 Å². The largest absolute Gasteiger partial charge is 0.497 e. The van der Waals surface area contributed by atoms with E-state index < -0.39 is 29.7 Å². The molecule has 3 atom stereocenters. The quantitative estimate of drug-likeness (QED) is 0.480. The van der Waals surface area contributed by atoms with E-state index in [1.807, 2.05) is 61.5 Å². The van der Waals surface area contributed by atoms with Gasteiger partial charge in [-0.15, -0.1) is 0 Å². The van der Waals surface area contributed by atoms with Crippen LogP contribution in [0.1, 0.15) is 37.4 Å². The lowest BCUT2D eigenvalue weighted by Crippen LogP contribution is -2.72. The Kier molecular flexibility index (Phi) is 6.43. The Morgan fingerprint density at radius 1 is 1.17 bits per heavy atom. The van der Waals surface area contributed by atoms with Gasteiger partial charge in [0.2, 0.25) is 5.91 Å². The second kappa shape index (κ2) is 8.85. The molecule has 3 N–H and O–H groups in total. The Bertz CT molecular complexity index is 877. The molecule has 2 aromatic rings. The molecule has 0 saturated carbocycles. The number of aryl methyl sites for hydroxylation is 1. The first-order chi connectivity index (χ1) is 14.2. The molecule has 2 aromatic carbocycles. The molecule has 1 aliphatic heterocycles. The summed E-state index contributed by atoms with van der Waals surface area (Å²) < 4.78 is 5.14. The number of aliphatic hydroxyl groups is 2. The summed E-state index contributed by atoms with van der Waals surface area (Å²) in [4.78, 5) is 26.4. The van der Waals surface area contributed by atoms with Crippen LogP contribution in [0.15, 0.2) is 54.6 Å². The van der Waals surface area contributed by atoms with Gasteiger partial charge in [-0.05, 0) is 49.9 Å². The number of imide groups is 1. The minimum atomic E-state index is -2.19. The number of urea groups is 1. The number of amides is 3. The zero-order chi connectivity index (χ0) is 21.9. The fourth-order valence-corrected chi connectivity index (χ4v) is 3.88. The lowest BCUT2D eigenvalue weighted by atomic mass is 9.78. The average molecular weight is 412 g/mol. The monoisotopic (exact) mass is 412 g/mol. The van der Waals surface area contributed by atoms with Gasteiger partial charge in [0, 0.05) is 0 Å². The topological polar surface area (TPSA) is 99.1 Å². The van der Waals surface area contributed by atoms with Crippen molar-refractivity contribution in [2.24, 2.45) is 5.92 Å². The van der Waals surface area contributed by atoms with Gasteiger partial charge in [-0.1, -0.05) is 42.5 Å². The Hall–Kier alpha value is -2.90. The zero-order valence-corrected chi connectivity index (χ0v) is 17.4. The Morgan fingerprint density at radius 2 is 1.80 bits per heavy atom. The molecule has 0 spiro atoms. The first-order valence-electron chi connectivity index (χ1n) is 9.98. The number of likely N-dealkylation sites (tertiary alicyclic amines) is 1. The van der Waals surface area contributed by atoms with Crippen LogP contribution in [-0.2, 0) is 11.2 Å². The summed E-state index contributed by atoms with van der Waals surface area (Å²) >= 11 is 0. The zero-order valence-electron chi connectivity index (χ0n) is 17.4. The predicted octanol–water partition coefficient (Wildman–Crippen LogP) is 2.63. The molecule has 30 heavy (non-hydrogen) atoms. The SMILES string of the molecule is COc1ccc(CCC2C(=O)N(C(=O)NC(C)c3ccccc3)C2C(C)(O)O)cc1. The van der Waals surface area contributed by atoms with Gasteiger partial charge in [-0.25, -0.2) is 4.79 Å². The van der Waals surface area contributed by atoms with Gasteiger partial charge in [-0.3, -0.25) is 9.69 Å². The highest BCUT2D eigenvalue weighted by atomic mass is 16.5.